The minimum absolute atomic E-state index is 0.100. The van der Waals surface area contributed by atoms with E-state index >= 15 is 0 Å². The summed E-state index contributed by atoms with van der Waals surface area (Å²) in [4.78, 5) is 5.13. The molecule has 74 valence electrons. The van der Waals surface area contributed by atoms with Gasteiger partial charge in [0.05, 0.1) is 11.1 Å². The van der Waals surface area contributed by atoms with Gasteiger partial charge >= 0.3 is 0 Å². The van der Waals surface area contributed by atoms with Gasteiger partial charge in [0.2, 0.25) is 0 Å². The minimum Gasteiger partial charge on any atom is -0.389 e. The van der Waals surface area contributed by atoms with Gasteiger partial charge in [0.15, 0.2) is 0 Å². The second kappa shape index (κ2) is 3.39. The Bertz CT molecular complexity index is 259. The molecule has 1 N–H and O–H groups in total. The van der Waals surface area contributed by atoms with Gasteiger partial charge in [0, 0.05) is 17.5 Å². The van der Waals surface area contributed by atoms with Crippen molar-refractivity contribution in [2.45, 2.75) is 39.7 Å². The van der Waals surface area contributed by atoms with Crippen molar-refractivity contribution in [2.75, 3.05) is 0 Å². The Hall–Kier alpha value is -0.410. The average Bonchev–Trinajstić information content (AvgIpc) is 2.35. The highest BCUT2D eigenvalue weighted by molar-refractivity contribution is 7.09. The molecule has 0 aliphatic carbocycles. The van der Waals surface area contributed by atoms with Crippen LogP contribution in [0, 0.1) is 5.41 Å². The van der Waals surface area contributed by atoms with Gasteiger partial charge in [0.1, 0.15) is 0 Å². The smallest absolute Gasteiger partial charge is 0.0794 e. The quantitative estimate of drug-likeness (QED) is 0.793. The lowest BCUT2D eigenvalue weighted by Crippen LogP contribution is -2.41. The summed E-state index contributed by atoms with van der Waals surface area (Å²) in [7, 11) is 0. The van der Waals surface area contributed by atoms with E-state index in [0.29, 0.717) is 6.42 Å². The molecule has 1 unspecified atom stereocenters. The monoisotopic (exact) mass is 199 g/mol. The molecule has 0 spiro atoms. The summed E-state index contributed by atoms with van der Waals surface area (Å²) >= 11 is 1.59. The van der Waals surface area contributed by atoms with E-state index in [-0.39, 0.29) is 5.41 Å². The molecule has 1 rings (SSSR count). The average molecular weight is 199 g/mol. The molecule has 0 bridgehead atoms. The molecule has 3 heteroatoms. The van der Waals surface area contributed by atoms with E-state index in [1.165, 1.54) is 0 Å². The van der Waals surface area contributed by atoms with E-state index in [1.807, 2.05) is 33.9 Å². The maximum atomic E-state index is 10.2. The minimum atomic E-state index is -0.667. The van der Waals surface area contributed by atoms with Gasteiger partial charge in [-0.05, 0) is 12.3 Å². The molecular weight excluding hydrogens is 182 g/mol. The number of nitrogens with zero attached hydrogens (tertiary/aromatic N) is 1. The molecule has 0 saturated heterocycles. The first kappa shape index (κ1) is 10.7. The Labute approximate surface area is 83.6 Å². The van der Waals surface area contributed by atoms with Gasteiger partial charge in [-0.3, -0.25) is 4.98 Å². The predicted molar refractivity (Wildman–Crippen MR) is 55.9 cm³/mol. The Balaban J connectivity index is 2.73. The highest BCUT2D eigenvalue weighted by Crippen LogP contribution is 2.33. The van der Waals surface area contributed by atoms with Crippen LogP contribution in [0.3, 0.4) is 0 Å². The Kier molecular flexibility index (Phi) is 2.78. The van der Waals surface area contributed by atoms with Gasteiger partial charge in [-0.1, -0.05) is 20.8 Å². The molecule has 1 atom stereocenters. The van der Waals surface area contributed by atoms with E-state index < -0.39 is 5.60 Å². The number of hydrogen-bond donors (Lipinski definition) is 1. The molecule has 0 aromatic carbocycles. The third kappa shape index (κ3) is 2.51. The first-order chi connectivity index (χ1) is 5.83. The van der Waals surface area contributed by atoms with Crippen molar-refractivity contribution >= 4 is 11.3 Å². The first-order valence-electron chi connectivity index (χ1n) is 4.43. The second-order valence-corrected chi connectivity index (χ2v) is 5.64. The lowest BCUT2D eigenvalue weighted by atomic mass is 9.76. The van der Waals surface area contributed by atoms with Crippen molar-refractivity contribution in [3.63, 3.8) is 0 Å². The molecule has 0 aliphatic rings. The van der Waals surface area contributed by atoms with E-state index in [1.54, 1.807) is 16.8 Å². The van der Waals surface area contributed by atoms with Crippen LogP contribution in [0.4, 0.5) is 0 Å². The summed E-state index contributed by atoms with van der Waals surface area (Å²) in [5, 5.41) is 10.2. The van der Waals surface area contributed by atoms with Crippen molar-refractivity contribution in [3.05, 3.63) is 16.6 Å². The summed E-state index contributed by atoms with van der Waals surface area (Å²) in [6.45, 7) is 8.03. The van der Waals surface area contributed by atoms with Crippen LogP contribution in [0.25, 0.3) is 0 Å². The fourth-order valence-corrected chi connectivity index (χ4v) is 1.68. The molecule has 2 nitrogen and oxygen atoms in total. The Morgan fingerprint density at radius 1 is 1.38 bits per heavy atom. The number of rotatable bonds is 2. The number of aromatic nitrogens is 1. The van der Waals surface area contributed by atoms with Crippen LogP contribution in [0.5, 0.6) is 0 Å². The van der Waals surface area contributed by atoms with Crippen molar-refractivity contribution in [1.82, 2.24) is 4.98 Å². The lowest BCUT2D eigenvalue weighted by molar-refractivity contribution is -0.0399. The van der Waals surface area contributed by atoms with E-state index in [4.69, 9.17) is 0 Å². The normalized spacial score (nSPS) is 17.0. The number of aliphatic hydroxyl groups is 1. The highest BCUT2D eigenvalue weighted by Gasteiger charge is 2.35. The molecule has 0 saturated carbocycles. The van der Waals surface area contributed by atoms with Crippen molar-refractivity contribution < 1.29 is 5.11 Å². The van der Waals surface area contributed by atoms with E-state index in [2.05, 4.69) is 4.98 Å². The van der Waals surface area contributed by atoms with Crippen molar-refractivity contribution in [1.29, 1.82) is 0 Å². The highest BCUT2D eigenvalue weighted by atomic mass is 32.1. The van der Waals surface area contributed by atoms with Gasteiger partial charge in [-0.25, -0.2) is 0 Å². The third-order valence-electron chi connectivity index (χ3n) is 2.62. The molecule has 0 radical (unpaired) electrons. The topological polar surface area (TPSA) is 33.1 Å². The summed E-state index contributed by atoms with van der Waals surface area (Å²) < 4.78 is 0. The molecular formula is C10H17NOS. The molecule has 0 fully saturated rings. The second-order valence-electron chi connectivity index (χ2n) is 4.67. The zero-order valence-electron chi connectivity index (χ0n) is 8.66. The number of thiazole rings is 1. The standard InChI is InChI=1S/C10H17NOS/c1-9(2,3)10(4,12)5-8-6-11-7-13-8/h6-7,12H,5H2,1-4H3. The van der Waals surface area contributed by atoms with Crippen LogP contribution >= 0.6 is 11.3 Å². The lowest BCUT2D eigenvalue weighted by Gasteiger charge is -2.36. The zero-order chi connectivity index (χ0) is 10.1. The van der Waals surface area contributed by atoms with Crippen molar-refractivity contribution in [3.8, 4) is 0 Å². The van der Waals surface area contributed by atoms with Gasteiger partial charge < -0.3 is 5.11 Å². The van der Waals surface area contributed by atoms with Crippen LogP contribution in [-0.2, 0) is 6.42 Å². The summed E-state index contributed by atoms with van der Waals surface area (Å²) in [6.07, 6.45) is 2.51. The Morgan fingerprint density at radius 2 is 2.00 bits per heavy atom. The molecule has 1 aromatic heterocycles. The van der Waals surface area contributed by atoms with Crippen molar-refractivity contribution in [2.24, 2.45) is 5.41 Å². The number of hydrogen-bond acceptors (Lipinski definition) is 3. The summed E-state index contributed by atoms with van der Waals surface area (Å²) in [5.74, 6) is 0. The van der Waals surface area contributed by atoms with Crippen LogP contribution in [-0.4, -0.2) is 15.7 Å². The van der Waals surface area contributed by atoms with Gasteiger partial charge in [-0.15, -0.1) is 11.3 Å². The first-order valence-corrected chi connectivity index (χ1v) is 5.31. The van der Waals surface area contributed by atoms with Gasteiger partial charge in [-0.2, -0.15) is 0 Å². The fourth-order valence-electron chi connectivity index (χ4n) is 0.934. The zero-order valence-corrected chi connectivity index (χ0v) is 9.48. The van der Waals surface area contributed by atoms with Gasteiger partial charge in [0.25, 0.3) is 0 Å². The molecule has 1 aromatic rings. The Morgan fingerprint density at radius 3 is 2.38 bits per heavy atom. The van der Waals surface area contributed by atoms with Crippen LogP contribution in [0.1, 0.15) is 32.6 Å². The maximum Gasteiger partial charge on any atom is 0.0794 e. The fraction of sp³-hybridized carbons (Fsp3) is 0.700. The van der Waals surface area contributed by atoms with Crippen LogP contribution in [0.15, 0.2) is 11.7 Å². The third-order valence-corrected chi connectivity index (χ3v) is 3.40. The predicted octanol–water partition coefficient (Wildman–Crippen LogP) is 2.48. The molecule has 13 heavy (non-hydrogen) atoms. The molecule has 1 heterocycles. The van der Waals surface area contributed by atoms with Crippen LogP contribution in [0.2, 0.25) is 0 Å². The van der Waals surface area contributed by atoms with Crippen LogP contribution < -0.4 is 0 Å². The SMILES string of the molecule is CC(C)(C)C(C)(O)Cc1cncs1. The largest absolute Gasteiger partial charge is 0.389 e. The molecule has 0 amide bonds. The van der Waals surface area contributed by atoms with E-state index in [0.717, 1.165) is 4.88 Å². The summed E-state index contributed by atoms with van der Waals surface area (Å²) in [6, 6.07) is 0. The molecule has 0 aliphatic heterocycles. The van der Waals surface area contributed by atoms with E-state index in [9.17, 15) is 5.11 Å². The maximum absolute atomic E-state index is 10.2. The summed E-state index contributed by atoms with van der Waals surface area (Å²) in [5.41, 5.74) is 1.03.